The van der Waals surface area contributed by atoms with Crippen molar-refractivity contribution in [2.75, 3.05) is 30.3 Å². The van der Waals surface area contributed by atoms with Gasteiger partial charge in [0.1, 0.15) is 17.7 Å². The maximum absolute atomic E-state index is 15.0. The summed E-state index contributed by atoms with van der Waals surface area (Å²) in [6.07, 6.45) is 4.08. The maximum Gasteiger partial charge on any atom is 0.180 e. The van der Waals surface area contributed by atoms with Gasteiger partial charge in [0.2, 0.25) is 0 Å². The molecule has 2 aliphatic rings. The lowest BCUT2D eigenvalue weighted by Crippen LogP contribution is -2.48. The summed E-state index contributed by atoms with van der Waals surface area (Å²) in [6.45, 7) is 9.59. The van der Waals surface area contributed by atoms with Gasteiger partial charge in [0.25, 0.3) is 0 Å². The number of thiazole rings is 1. The van der Waals surface area contributed by atoms with E-state index < -0.39 is 0 Å². The van der Waals surface area contributed by atoms with Crippen molar-refractivity contribution in [1.82, 2.24) is 9.88 Å². The second kappa shape index (κ2) is 8.11. The molecule has 4 rings (SSSR count). The number of nitrogens with zero attached hydrogens (tertiary/aromatic N) is 3. The molecule has 5 nitrogen and oxygen atoms in total. The molecule has 0 radical (unpaired) electrons. The summed E-state index contributed by atoms with van der Waals surface area (Å²) in [4.78, 5) is 9.01. The number of aromatic nitrogens is 1. The third kappa shape index (κ3) is 4.51. The van der Waals surface area contributed by atoms with E-state index in [1.54, 1.807) is 0 Å². The zero-order valence-corrected chi connectivity index (χ0v) is 18.3. The van der Waals surface area contributed by atoms with Gasteiger partial charge in [-0.1, -0.05) is 0 Å². The summed E-state index contributed by atoms with van der Waals surface area (Å²) in [7, 11) is 0. The first-order valence-corrected chi connectivity index (χ1v) is 11.4. The Morgan fingerprint density at radius 1 is 1.17 bits per heavy atom. The van der Waals surface area contributed by atoms with Crippen LogP contribution < -0.4 is 15.4 Å². The van der Waals surface area contributed by atoms with Crippen LogP contribution in [0.1, 0.15) is 58.2 Å². The van der Waals surface area contributed by atoms with Crippen molar-refractivity contribution >= 4 is 22.2 Å². The molecule has 0 aliphatic carbocycles. The Kier molecular flexibility index (Phi) is 5.71. The number of halogens is 1. The minimum Gasteiger partial charge on any atom is -0.490 e. The van der Waals surface area contributed by atoms with Gasteiger partial charge in [-0.3, -0.25) is 4.90 Å². The Hall–Kier alpha value is -1.86. The van der Waals surface area contributed by atoms with Crippen molar-refractivity contribution in [3.63, 3.8) is 0 Å². The standard InChI is InChI=1S/C22H31FN4OS/c1-22(2,3)26-11-8-15(9-12-26)28-16-6-7-19(17(23)13-16)27-10-4-5-20(27)18-14-29-21(24)25-18/h6-7,13-15,20H,4-5,8-12H2,1-3H3,(H2,24,25)/t20-/m1/s1. The minimum absolute atomic E-state index is 0.0894. The summed E-state index contributed by atoms with van der Waals surface area (Å²) in [5.74, 6) is 0.388. The summed E-state index contributed by atoms with van der Waals surface area (Å²) in [5, 5.41) is 2.55. The number of hydrogen-bond donors (Lipinski definition) is 1. The predicted molar refractivity (Wildman–Crippen MR) is 117 cm³/mol. The van der Waals surface area contributed by atoms with Crippen molar-refractivity contribution in [3.8, 4) is 5.75 Å². The first kappa shape index (κ1) is 20.4. The Balaban J connectivity index is 1.42. The molecular formula is C22H31FN4OS. The highest BCUT2D eigenvalue weighted by Crippen LogP contribution is 2.39. The predicted octanol–water partition coefficient (Wildman–Crippen LogP) is 4.85. The van der Waals surface area contributed by atoms with Crippen LogP contribution in [0, 0.1) is 5.82 Å². The molecule has 2 N–H and O–H groups in total. The van der Waals surface area contributed by atoms with Crippen molar-refractivity contribution in [3.05, 3.63) is 35.1 Å². The van der Waals surface area contributed by atoms with Gasteiger partial charge in [0, 0.05) is 36.6 Å². The lowest BCUT2D eigenvalue weighted by molar-refractivity contribution is 0.0490. The molecule has 3 heterocycles. The SMILES string of the molecule is CC(C)(C)N1CCC(Oc2ccc(N3CCC[C@@H]3c3csc(N)n3)c(F)c2)CC1. The van der Waals surface area contributed by atoms with E-state index in [0.29, 0.717) is 16.6 Å². The monoisotopic (exact) mass is 418 g/mol. The molecule has 0 unspecified atom stereocenters. The Morgan fingerprint density at radius 2 is 1.93 bits per heavy atom. The van der Waals surface area contributed by atoms with Crippen LogP contribution in [0.2, 0.25) is 0 Å². The smallest absolute Gasteiger partial charge is 0.180 e. The average Bonchev–Trinajstić information content (AvgIpc) is 3.30. The zero-order valence-electron chi connectivity index (χ0n) is 17.5. The molecular weight excluding hydrogens is 387 g/mol. The molecule has 158 valence electrons. The van der Waals surface area contributed by atoms with Gasteiger partial charge < -0.3 is 15.4 Å². The highest BCUT2D eigenvalue weighted by Gasteiger charge is 2.31. The zero-order chi connectivity index (χ0) is 20.6. The minimum atomic E-state index is -0.232. The first-order chi connectivity index (χ1) is 13.8. The second-order valence-electron chi connectivity index (χ2n) is 9.05. The average molecular weight is 419 g/mol. The highest BCUT2D eigenvalue weighted by molar-refractivity contribution is 7.13. The van der Waals surface area contributed by atoms with Crippen LogP contribution in [-0.2, 0) is 0 Å². The molecule has 0 saturated carbocycles. The Morgan fingerprint density at radius 3 is 2.55 bits per heavy atom. The van der Waals surface area contributed by atoms with Gasteiger partial charge >= 0.3 is 0 Å². The van der Waals surface area contributed by atoms with E-state index in [1.807, 2.05) is 17.5 Å². The molecule has 29 heavy (non-hydrogen) atoms. The molecule has 1 aromatic carbocycles. The van der Waals surface area contributed by atoms with E-state index in [4.69, 9.17) is 10.5 Å². The van der Waals surface area contributed by atoms with E-state index in [1.165, 1.54) is 17.4 Å². The van der Waals surface area contributed by atoms with E-state index in [0.717, 1.165) is 51.0 Å². The molecule has 2 aromatic rings. The number of piperidine rings is 1. The number of anilines is 2. The quantitative estimate of drug-likeness (QED) is 0.769. The van der Waals surface area contributed by atoms with Gasteiger partial charge in [-0.2, -0.15) is 0 Å². The van der Waals surface area contributed by atoms with E-state index in [-0.39, 0.29) is 23.5 Å². The number of likely N-dealkylation sites (tertiary alicyclic amines) is 1. The normalized spacial score (nSPS) is 21.7. The van der Waals surface area contributed by atoms with Crippen molar-refractivity contribution in [2.24, 2.45) is 0 Å². The maximum atomic E-state index is 15.0. The molecule has 0 bridgehead atoms. The topological polar surface area (TPSA) is 54.6 Å². The van der Waals surface area contributed by atoms with E-state index in [9.17, 15) is 4.39 Å². The molecule has 7 heteroatoms. The largest absolute Gasteiger partial charge is 0.490 e. The summed E-state index contributed by atoms with van der Waals surface area (Å²) in [5.41, 5.74) is 7.54. The van der Waals surface area contributed by atoms with Crippen LogP contribution >= 0.6 is 11.3 Å². The second-order valence-corrected chi connectivity index (χ2v) is 9.94. The Labute approximate surface area is 176 Å². The van der Waals surface area contributed by atoms with Gasteiger partial charge in [0.05, 0.1) is 17.4 Å². The van der Waals surface area contributed by atoms with Gasteiger partial charge in [-0.25, -0.2) is 9.37 Å². The molecule has 1 atom stereocenters. The van der Waals surface area contributed by atoms with Crippen LogP contribution in [0.5, 0.6) is 5.75 Å². The van der Waals surface area contributed by atoms with Crippen molar-refractivity contribution < 1.29 is 9.13 Å². The lowest BCUT2D eigenvalue weighted by atomic mass is 9.99. The Bertz CT molecular complexity index is 842. The number of ether oxygens (including phenoxy) is 1. The van der Waals surface area contributed by atoms with E-state index >= 15 is 0 Å². The van der Waals surface area contributed by atoms with E-state index in [2.05, 4.69) is 35.6 Å². The molecule has 2 aliphatic heterocycles. The molecule has 0 spiro atoms. The van der Waals surface area contributed by atoms with Crippen LogP contribution in [0.3, 0.4) is 0 Å². The molecule has 2 fully saturated rings. The highest BCUT2D eigenvalue weighted by atomic mass is 32.1. The fraction of sp³-hybridized carbons (Fsp3) is 0.591. The van der Waals surface area contributed by atoms with Crippen LogP contribution in [0.4, 0.5) is 15.2 Å². The fourth-order valence-corrected chi connectivity index (χ4v) is 5.06. The number of benzene rings is 1. The van der Waals surface area contributed by atoms with Gasteiger partial charge in [0.15, 0.2) is 5.13 Å². The molecule has 1 aromatic heterocycles. The third-order valence-electron chi connectivity index (χ3n) is 6.06. The summed E-state index contributed by atoms with van der Waals surface area (Å²) < 4.78 is 21.1. The lowest BCUT2D eigenvalue weighted by Gasteiger charge is -2.40. The van der Waals surface area contributed by atoms with Crippen LogP contribution in [0.25, 0.3) is 0 Å². The molecule has 0 amide bonds. The van der Waals surface area contributed by atoms with Crippen LogP contribution in [0.15, 0.2) is 23.6 Å². The van der Waals surface area contributed by atoms with Crippen molar-refractivity contribution in [2.45, 2.75) is 64.1 Å². The molecule has 2 saturated heterocycles. The summed E-state index contributed by atoms with van der Waals surface area (Å²) in [6, 6.07) is 5.38. The summed E-state index contributed by atoms with van der Waals surface area (Å²) >= 11 is 1.44. The van der Waals surface area contributed by atoms with Crippen LogP contribution in [-0.4, -0.2) is 41.2 Å². The fourth-order valence-electron chi connectivity index (χ4n) is 4.45. The number of hydrogen-bond acceptors (Lipinski definition) is 6. The number of nitrogen functional groups attached to an aromatic ring is 1. The number of rotatable bonds is 4. The number of nitrogens with two attached hydrogens (primary N) is 1. The van der Waals surface area contributed by atoms with Gasteiger partial charge in [-0.15, -0.1) is 11.3 Å². The van der Waals surface area contributed by atoms with Gasteiger partial charge in [-0.05, 0) is 58.6 Å². The first-order valence-electron chi connectivity index (χ1n) is 10.5. The third-order valence-corrected chi connectivity index (χ3v) is 6.75. The van der Waals surface area contributed by atoms with Crippen molar-refractivity contribution in [1.29, 1.82) is 0 Å².